The van der Waals surface area contributed by atoms with Gasteiger partial charge in [0.25, 0.3) is 0 Å². The summed E-state index contributed by atoms with van der Waals surface area (Å²) in [5, 5.41) is 2.60. The number of hydrogen-bond donors (Lipinski definition) is 2. The van der Waals surface area contributed by atoms with Crippen LogP contribution in [0.3, 0.4) is 0 Å². The summed E-state index contributed by atoms with van der Waals surface area (Å²) in [6, 6.07) is 4.54. The van der Waals surface area contributed by atoms with Crippen LogP contribution in [0.15, 0.2) is 23.1 Å². The highest BCUT2D eigenvalue weighted by molar-refractivity contribution is 7.92. The number of amides is 1. The molecule has 0 aliphatic rings. The zero-order valence-electron chi connectivity index (χ0n) is 11.4. The van der Waals surface area contributed by atoms with E-state index in [1.54, 1.807) is 13.0 Å². The molecule has 1 aromatic rings. The molecule has 0 unspecified atom stereocenters. The van der Waals surface area contributed by atoms with E-state index >= 15 is 0 Å². The number of hydrogen-bond acceptors (Lipinski definition) is 4. The van der Waals surface area contributed by atoms with Gasteiger partial charge in [-0.05, 0) is 36.6 Å². The summed E-state index contributed by atoms with van der Waals surface area (Å²) in [5.74, 6) is -0.736. The fourth-order valence-corrected chi connectivity index (χ4v) is 3.07. The number of nitrogens with one attached hydrogen (secondary N) is 1. The van der Waals surface area contributed by atoms with Gasteiger partial charge < -0.3 is 11.1 Å². The third-order valence-corrected chi connectivity index (χ3v) is 4.33. The van der Waals surface area contributed by atoms with Crippen LogP contribution in [0.5, 0.6) is 0 Å². The van der Waals surface area contributed by atoms with Crippen LogP contribution in [0.25, 0.3) is 0 Å². The highest BCUT2D eigenvalue weighted by atomic mass is 32.2. The van der Waals surface area contributed by atoms with E-state index in [4.69, 9.17) is 5.73 Å². The van der Waals surface area contributed by atoms with Gasteiger partial charge in [-0.2, -0.15) is 0 Å². The summed E-state index contributed by atoms with van der Waals surface area (Å²) in [6.45, 7) is 6.02. The molecule has 1 rings (SSSR count). The molecule has 0 fully saturated rings. The predicted octanol–water partition coefficient (Wildman–Crippen LogP) is 1.12. The molecule has 6 heteroatoms. The standard InChI is InChI=1S/C13H20N2O3S/c1-9(2)7-15-13(16)8-19(17,18)12-5-4-11(14)6-10(12)3/h4-6,9H,7-8,14H2,1-3H3,(H,15,16). The number of benzene rings is 1. The predicted molar refractivity (Wildman–Crippen MR) is 75.5 cm³/mol. The summed E-state index contributed by atoms with van der Waals surface area (Å²) in [6.07, 6.45) is 0. The van der Waals surface area contributed by atoms with Crippen LogP contribution in [-0.4, -0.2) is 26.6 Å². The van der Waals surface area contributed by atoms with Crippen LogP contribution in [0.4, 0.5) is 5.69 Å². The van der Waals surface area contributed by atoms with Crippen molar-refractivity contribution in [2.24, 2.45) is 5.92 Å². The Morgan fingerprint density at radius 3 is 2.53 bits per heavy atom. The van der Waals surface area contributed by atoms with Crippen LogP contribution in [0.2, 0.25) is 0 Å². The maximum atomic E-state index is 12.1. The minimum absolute atomic E-state index is 0.154. The van der Waals surface area contributed by atoms with Gasteiger partial charge in [0.1, 0.15) is 5.75 Å². The molecular weight excluding hydrogens is 264 g/mol. The van der Waals surface area contributed by atoms with E-state index in [0.717, 1.165) is 0 Å². The first-order chi connectivity index (χ1) is 8.72. The number of carbonyl (C=O) groups is 1. The molecule has 0 atom stereocenters. The summed E-state index contributed by atoms with van der Waals surface area (Å²) in [7, 11) is -3.62. The lowest BCUT2D eigenvalue weighted by atomic mass is 10.2. The molecule has 0 radical (unpaired) electrons. The van der Waals surface area contributed by atoms with Gasteiger partial charge in [-0.1, -0.05) is 13.8 Å². The summed E-state index contributed by atoms with van der Waals surface area (Å²) < 4.78 is 24.2. The van der Waals surface area contributed by atoms with E-state index in [2.05, 4.69) is 5.32 Å². The highest BCUT2D eigenvalue weighted by Gasteiger charge is 2.21. The number of carbonyl (C=O) groups excluding carboxylic acids is 1. The van der Waals surface area contributed by atoms with Gasteiger partial charge in [-0.3, -0.25) is 4.79 Å². The van der Waals surface area contributed by atoms with E-state index in [0.29, 0.717) is 17.8 Å². The highest BCUT2D eigenvalue weighted by Crippen LogP contribution is 2.19. The second kappa shape index (κ2) is 6.06. The molecule has 0 aromatic heterocycles. The molecule has 0 aliphatic carbocycles. The second-order valence-electron chi connectivity index (χ2n) is 4.98. The third-order valence-electron chi connectivity index (χ3n) is 2.56. The molecule has 3 N–H and O–H groups in total. The van der Waals surface area contributed by atoms with Crippen molar-refractivity contribution in [3.63, 3.8) is 0 Å². The van der Waals surface area contributed by atoms with Crippen LogP contribution in [0.1, 0.15) is 19.4 Å². The minimum Gasteiger partial charge on any atom is -0.399 e. The van der Waals surface area contributed by atoms with Gasteiger partial charge in [0.05, 0.1) is 4.90 Å². The summed E-state index contributed by atoms with van der Waals surface area (Å²) in [4.78, 5) is 11.8. The Bertz CT molecular complexity index is 565. The van der Waals surface area contributed by atoms with Crippen molar-refractivity contribution in [3.05, 3.63) is 23.8 Å². The van der Waals surface area contributed by atoms with Crippen LogP contribution >= 0.6 is 0 Å². The van der Waals surface area contributed by atoms with Gasteiger partial charge in [0.2, 0.25) is 5.91 Å². The molecule has 0 bridgehead atoms. The van der Waals surface area contributed by atoms with Crippen LogP contribution in [-0.2, 0) is 14.6 Å². The maximum absolute atomic E-state index is 12.1. The fraction of sp³-hybridized carbons (Fsp3) is 0.462. The van der Waals surface area contributed by atoms with Crippen molar-refractivity contribution >= 4 is 21.4 Å². The monoisotopic (exact) mass is 284 g/mol. The third kappa shape index (κ3) is 4.55. The molecule has 106 valence electrons. The van der Waals surface area contributed by atoms with E-state index in [1.165, 1.54) is 12.1 Å². The molecule has 1 amide bonds. The zero-order valence-corrected chi connectivity index (χ0v) is 12.3. The lowest BCUT2D eigenvalue weighted by Crippen LogP contribution is -2.33. The van der Waals surface area contributed by atoms with Gasteiger partial charge in [-0.25, -0.2) is 8.42 Å². The zero-order chi connectivity index (χ0) is 14.6. The summed E-state index contributed by atoms with van der Waals surface area (Å²) in [5.41, 5.74) is 6.63. The Morgan fingerprint density at radius 1 is 1.37 bits per heavy atom. The number of nitrogen functional groups attached to an aromatic ring is 1. The molecular formula is C13H20N2O3S. The van der Waals surface area contributed by atoms with Crippen molar-refractivity contribution in [1.29, 1.82) is 0 Å². The largest absolute Gasteiger partial charge is 0.399 e. The van der Waals surface area contributed by atoms with E-state index < -0.39 is 21.5 Å². The number of nitrogens with two attached hydrogens (primary N) is 1. The van der Waals surface area contributed by atoms with Crippen molar-refractivity contribution in [1.82, 2.24) is 5.32 Å². The Morgan fingerprint density at radius 2 is 2.00 bits per heavy atom. The minimum atomic E-state index is -3.62. The maximum Gasteiger partial charge on any atom is 0.235 e. The Balaban J connectivity index is 2.84. The average molecular weight is 284 g/mol. The average Bonchev–Trinajstić information content (AvgIpc) is 2.25. The van der Waals surface area contributed by atoms with Crippen LogP contribution < -0.4 is 11.1 Å². The van der Waals surface area contributed by atoms with E-state index in [9.17, 15) is 13.2 Å². The molecule has 19 heavy (non-hydrogen) atoms. The molecule has 1 aromatic carbocycles. The summed E-state index contributed by atoms with van der Waals surface area (Å²) >= 11 is 0. The molecule has 0 spiro atoms. The van der Waals surface area contributed by atoms with Gasteiger partial charge in [0, 0.05) is 12.2 Å². The van der Waals surface area contributed by atoms with Gasteiger partial charge in [-0.15, -0.1) is 0 Å². The normalized spacial score (nSPS) is 11.6. The van der Waals surface area contributed by atoms with Gasteiger partial charge in [0.15, 0.2) is 9.84 Å². The first kappa shape index (κ1) is 15.5. The lowest BCUT2D eigenvalue weighted by Gasteiger charge is -2.10. The molecule has 0 saturated carbocycles. The SMILES string of the molecule is Cc1cc(N)ccc1S(=O)(=O)CC(=O)NCC(C)C. The quantitative estimate of drug-likeness (QED) is 0.793. The van der Waals surface area contributed by atoms with Crippen molar-refractivity contribution in [2.45, 2.75) is 25.7 Å². The van der Waals surface area contributed by atoms with E-state index in [-0.39, 0.29) is 10.8 Å². The van der Waals surface area contributed by atoms with E-state index in [1.807, 2.05) is 13.8 Å². The molecule has 0 aliphatic heterocycles. The second-order valence-corrected chi connectivity index (χ2v) is 6.94. The molecule has 5 nitrogen and oxygen atoms in total. The molecule has 0 saturated heterocycles. The lowest BCUT2D eigenvalue weighted by molar-refractivity contribution is -0.118. The number of aryl methyl sites for hydroxylation is 1. The number of rotatable bonds is 5. The van der Waals surface area contributed by atoms with Crippen molar-refractivity contribution in [2.75, 3.05) is 18.0 Å². The first-order valence-electron chi connectivity index (χ1n) is 6.08. The Kier molecular flexibility index (Phi) is 4.94. The number of anilines is 1. The fourth-order valence-electron chi connectivity index (χ4n) is 1.64. The Hall–Kier alpha value is -1.56. The smallest absolute Gasteiger partial charge is 0.235 e. The first-order valence-corrected chi connectivity index (χ1v) is 7.73. The van der Waals surface area contributed by atoms with Gasteiger partial charge >= 0.3 is 0 Å². The van der Waals surface area contributed by atoms with Crippen molar-refractivity contribution < 1.29 is 13.2 Å². The van der Waals surface area contributed by atoms with Crippen LogP contribution in [0, 0.1) is 12.8 Å². The molecule has 0 heterocycles. The number of sulfone groups is 1. The Labute approximate surface area is 114 Å². The van der Waals surface area contributed by atoms with Crippen molar-refractivity contribution in [3.8, 4) is 0 Å². The topological polar surface area (TPSA) is 89.3 Å².